The summed E-state index contributed by atoms with van der Waals surface area (Å²) in [7, 11) is 1.61. The topological polar surface area (TPSA) is 68.7 Å². The van der Waals surface area contributed by atoms with Crippen LogP contribution in [0.15, 0.2) is 42.5 Å². The molecule has 6 nitrogen and oxygen atoms in total. The molecule has 2 aromatic carbocycles. The van der Waals surface area contributed by atoms with Crippen LogP contribution in [0, 0.1) is 0 Å². The molecule has 150 valence electrons. The Morgan fingerprint density at radius 2 is 1.97 bits per heavy atom. The largest absolute Gasteiger partial charge is 0.494 e. The average Bonchev–Trinajstić information content (AvgIpc) is 3.40. The van der Waals surface area contributed by atoms with E-state index < -0.39 is 0 Å². The zero-order valence-corrected chi connectivity index (χ0v) is 17.2. The number of thiazole rings is 1. The molecule has 1 saturated heterocycles. The van der Waals surface area contributed by atoms with Crippen LogP contribution in [0.5, 0.6) is 5.75 Å². The number of Topliss-reactive ketones (excluding diaryl/α,β-unsaturated/α-hetero) is 1. The van der Waals surface area contributed by atoms with Crippen molar-refractivity contribution < 1.29 is 19.1 Å². The number of methoxy groups -OCH3 is 1. The van der Waals surface area contributed by atoms with E-state index in [2.05, 4.69) is 0 Å². The van der Waals surface area contributed by atoms with Crippen LogP contribution in [0.4, 0.5) is 5.13 Å². The van der Waals surface area contributed by atoms with Crippen molar-refractivity contribution >= 4 is 38.4 Å². The molecule has 0 aliphatic carbocycles. The second-order valence-electron chi connectivity index (χ2n) is 6.99. The highest BCUT2D eigenvalue weighted by atomic mass is 32.1. The summed E-state index contributed by atoms with van der Waals surface area (Å²) in [4.78, 5) is 31.3. The Morgan fingerprint density at radius 1 is 1.21 bits per heavy atom. The Balaban J connectivity index is 1.71. The molecule has 1 aliphatic heterocycles. The predicted octanol–water partition coefficient (Wildman–Crippen LogP) is 4.33. The minimum absolute atomic E-state index is 0.00986. The number of nitrogens with zero attached hydrogens (tertiary/aromatic N) is 2. The molecule has 7 heteroatoms. The second-order valence-corrected chi connectivity index (χ2v) is 8.00. The third-order valence-corrected chi connectivity index (χ3v) is 6.06. The highest BCUT2D eigenvalue weighted by Crippen LogP contribution is 2.35. The van der Waals surface area contributed by atoms with E-state index >= 15 is 0 Å². The van der Waals surface area contributed by atoms with Gasteiger partial charge in [-0.15, -0.1) is 0 Å². The highest BCUT2D eigenvalue weighted by Gasteiger charge is 2.27. The standard InChI is InChI=1S/C22H22N2O4S/c1-14(25)15-8-10-16(11-9-15)21(26)24(13-17-5-4-12-28-17)22-23-20-18(27-2)6-3-7-19(20)29-22/h3,6-11,17H,4-5,12-13H2,1-2H3. The SMILES string of the molecule is COc1cccc2sc(N(CC3CCCO3)C(=O)c3ccc(C(C)=O)cc3)nc12. The summed E-state index contributed by atoms with van der Waals surface area (Å²) in [6.07, 6.45) is 1.90. The lowest BCUT2D eigenvalue weighted by Crippen LogP contribution is -2.37. The van der Waals surface area contributed by atoms with Gasteiger partial charge < -0.3 is 9.47 Å². The first kappa shape index (κ1) is 19.5. The number of para-hydroxylation sites is 1. The number of ether oxygens (including phenoxy) is 2. The molecule has 0 radical (unpaired) electrons. The van der Waals surface area contributed by atoms with Gasteiger partial charge in [-0.3, -0.25) is 14.5 Å². The lowest BCUT2D eigenvalue weighted by atomic mass is 10.1. The van der Waals surface area contributed by atoms with E-state index in [1.54, 1.807) is 36.3 Å². The van der Waals surface area contributed by atoms with Gasteiger partial charge in [-0.2, -0.15) is 0 Å². The normalized spacial score (nSPS) is 16.1. The first-order valence-electron chi connectivity index (χ1n) is 9.55. The predicted molar refractivity (Wildman–Crippen MR) is 113 cm³/mol. The van der Waals surface area contributed by atoms with Gasteiger partial charge in [-0.05, 0) is 44.0 Å². The van der Waals surface area contributed by atoms with Gasteiger partial charge in [0, 0.05) is 17.7 Å². The summed E-state index contributed by atoms with van der Waals surface area (Å²) in [5.74, 6) is 0.493. The molecule has 1 unspecified atom stereocenters. The number of amides is 1. The van der Waals surface area contributed by atoms with E-state index in [1.807, 2.05) is 18.2 Å². The molecule has 3 aromatic rings. The van der Waals surface area contributed by atoms with E-state index in [0.29, 0.717) is 35.2 Å². The molecule has 4 rings (SSSR count). The molecule has 0 N–H and O–H groups in total. The van der Waals surface area contributed by atoms with E-state index in [0.717, 1.165) is 23.1 Å². The van der Waals surface area contributed by atoms with Crippen LogP contribution in [0.2, 0.25) is 0 Å². The molecular weight excluding hydrogens is 388 g/mol. The van der Waals surface area contributed by atoms with Crippen molar-refractivity contribution in [3.05, 3.63) is 53.6 Å². The number of anilines is 1. The molecule has 0 spiro atoms. The fourth-order valence-corrected chi connectivity index (χ4v) is 4.43. The third kappa shape index (κ3) is 4.02. The molecule has 0 bridgehead atoms. The maximum Gasteiger partial charge on any atom is 0.260 e. The number of carbonyl (C=O) groups is 2. The zero-order valence-electron chi connectivity index (χ0n) is 16.4. The molecule has 29 heavy (non-hydrogen) atoms. The molecular formula is C22H22N2O4S. The smallest absolute Gasteiger partial charge is 0.260 e. The fraction of sp³-hybridized carbons (Fsp3) is 0.318. The number of ketones is 1. The van der Waals surface area contributed by atoms with Gasteiger partial charge in [0.1, 0.15) is 11.3 Å². The van der Waals surface area contributed by atoms with E-state index in [1.165, 1.54) is 18.3 Å². The summed E-state index contributed by atoms with van der Waals surface area (Å²) < 4.78 is 12.1. The van der Waals surface area contributed by atoms with Gasteiger partial charge >= 0.3 is 0 Å². The quantitative estimate of drug-likeness (QED) is 0.566. The summed E-state index contributed by atoms with van der Waals surface area (Å²) >= 11 is 1.45. The van der Waals surface area contributed by atoms with Gasteiger partial charge in [-0.1, -0.05) is 29.5 Å². The van der Waals surface area contributed by atoms with Crippen LogP contribution >= 0.6 is 11.3 Å². The number of hydrogen-bond donors (Lipinski definition) is 0. The number of rotatable bonds is 6. The maximum absolute atomic E-state index is 13.4. The van der Waals surface area contributed by atoms with Gasteiger partial charge in [-0.25, -0.2) is 4.98 Å². The van der Waals surface area contributed by atoms with E-state index in [-0.39, 0.29) is 17.8 Å². The molecule has 1 atom stereocenters. The minimum Gasteiger partial charge on any atom is -0.494 e. The van der Waals surface area contributed by atoms with Crippen molar-refractivity contribution in [3.63, 3.8) is 0 Å². The average molecular weight is 410 g/mol. The third-order valence-electron chi connectivity index (χ3n) is 5.02. The Morgan fingerprint density at radius 3 is 2.62 bits per heavy atom. The monoisotopic (exact) mass is 410 g/mol. The molecule has 0 saturated carbocycles. The van der Waals surface area contributed by atoms with Crippen LogP contribution in [-0.2, 0) is 4.74 Å². The lowest BCUT2D eigenvalue weighted by molar-refractivity contribution is 0.0916. The van der Waals surface area contributed by atoms with Crippen LogP contribution < -0.4 is 9.64 Å². The summed E-state index contributed by atoms with van der Waals surface area (Å²) in [5.41, 5.74) is 1.84. The van der Waals surface area contributed by atoms with Gasteiger partial charge in [0.05, 0.1) is 24.5 Å². The summed E-state index contributed by atoms with van der Waals surface area (Å²) in [6.45, 7) is 2.66. The number of hydrogen-bond acceptors (Lipinski definition) is 6. The highest BCUT2D eigenvalue weighted by molar-refractivity contribution is 7.22. The Labute approximate surface area is 173 Å². The van der Waals surface area contributed by atoms with Crippen LogP contribution in [-0.4, -0.2) is 43.0 Å². The number of benzene rings is 2. The first-order chi connectivity index (χ1) is 14.1. The van der Waals surface area contributed by atoms with Crippen molar-refractivity contribution in [1.82, 2.24) is 4.98 Å². The molecule has 1 aromatic heterocycles. The zero-order chi connectivity index (χ0) is 20.4. The van der Waals surface area contributed by atoms with Crippen LogP contribution in [0.25, 0.3) is 10.2 Å². The first-order valence-corrected chi connectivity index (χ1v) is 10.4. The van der Waals surface area contributed by atoms with Gasteiger partial charge in [0.2, 0.25) is 0 Å². The Bertz CT molecular complexity index is 1040. The Kier molecular flexibility index (Phi) is 5.60. The molecule has 1 fully saturated rings. The minimum atomic E-state index is -0.159. The van der Waals surface area contributed by atoms with Crippen molar-refractivity contribution in [3.8, 4) is 5.75 Å². The van der Waals surface area contributed by atoms with Crippen LogP contribution in [0.1, 0.15) is 40.5 Å². The van der Waals surface area contributed by atoms with Crippen LogP contribution in [0.3, 0.4) is 0 Å². The molecule has 1 amide bonds. The van der Waals surface area contributed by atoms with Crippen molar-refractivity contribution in [2.75, 3.05) is 25.2 Å². The van der Waals surface area contributed by atoms with Crippen molar-refractivity contribution in [1.29, 1.82) is 0 Å². The molecule has 1 aliphatic rings. The number of carbonyl (C=O) groups excluding carboxylic acids is 2. The van der Waals surface area contributed by atoms with Gasteiger partial charge in [0.25, 0.3) is 5.91 Å². The van der Waals surface area contributed by atoms with Crippen molar-refractivity contribution in [2.24, 2.45) is 0 Å². The number of aromatic nitrogens is 1. The molecule has 2 heterocycles. The van der Waals surface area contributed by atoms with E-state index in [4.69, 9.17) is 14.5 Å². The van der Waals surface area contributed by atoms with E-state index in [9.17, 15) is 9.59 Å². The number of fused-ring (bicyclic) bond motifs is 1. The van der Waals surface area contributed by atoms with Crippen molar-refractivity contribution in [2.45, 2.75) is 25.9 Å². The maximum atomic E-state index is 13.4. The summed E-state index contributed by atoms with van der Waals surface area (Å²) in [5, 5.41) is 0.612. The van der Waals surface area contributed by atoms with Gasteiger partial charge in [0.15, 0.2) is 10.9 Å². The second kappa shape index (κ2) is 8.31. The Hall–Kier alpha value is -2.77. The fourth-order valence-electron chi connectivity index (χ4n) is 3.43. The lowest BCUT2D eigenvalue weighted by Gasteiger charge is -2.23. The summed E-state index contributed by atoms with van der Waals surface area (Å²) in [6, 6.07) is 12.5.